The molecule has 0 aromatic heterocycles. The van der Waals surface area contributed by atoms with E-state index in [1.54, 1.807) is 12.1 Å². The quantitative estimate of drug-likeness (QED) is 0.890. The van der Waals surface area contributed by atoms with Crippen LogP contribution in [-0.4, -0.2) is 51.0 Å². The number of halogens is 1. The number of nitriles is 1. The van der Waals surface area contributed by atoms with Crippen molar-refractivity contribution in [1.29, 1.82) is 5.26 Å². The molecule has 0 spiro atoms. The number of sulfone groups is 1. The van der Waals surface area contributed by atoms with Gasteiger partial charge in [-0.15, -0.1) is 0 Å². The van der Waals surface area contributed by atoms with Gasteiger partial charge in [-0.1, -0.05) is 6.07 Å². The number of likely N-dealkylation sites (tertiary alicyclic amines) is 1. The van der Waals surface area contributed by atoms with Gasteiger partial charge in [0.1, 0.15) is 27.3 Å². The molecule has 1 aromatic carbocycles. The van der Waals surface area contributed by atoms with Gasteiger partial charge < -0.3 is 10.2 Å². The number of anilines is 1. The highest BCUT2D eigenvalue weighted by molar-refractivity contribution is 7.90. The van der Waals surface area contributed by atoms with Gasteiger partial charge in [-0.25, -0.2) is 12.8 Å². The highest BCUT2D eigenvalue weighted by atomic mass is 32.2. The Balaban J connectivity index is 1.88. The van der Waals surface area contributed by atoms with E-state index in [0.717, 1.165) is 25.9 Å². The lowest BCUT2D eigenvalue weighted by Crippen LogP contribution is -2.41. The normalized spacial score (nSPS) is 17.1. The van der Waals surface area contributed by atoms with E-state index < -0.39 is 15.7 Å². The zero-order valence-electron chi connectivity index (χ0n) is 12.5. The van der Waals surface area contributed by atoms with Crippen molar-refractivity contribution >= 4 is 15.5 Å². The maximum atomic E-state index is 13.6. The molecule has 7 heteroatoms. The summed E-state index contributed by atoms with van der Waals surface area (Å²) in [5.74, 6) is -0.341. The monoisotopic (exact) mass is 325 g/mol. The lowest BCUT2D eigenvalue weighted by molar-refractivity contribution is 0.230. The van der Waals surface area contributed by atoms with E-state index in [0.29, 0.717) is 12.2 Å². The maximum absolute atomic E-state index is 13.6. The van der Waals surface area contributed by atoms with Crippen LogP contribution in [0.5, 0.6) is 0 Å². The first-order valence-electron chi connectivity index (χ1n) is 7.24. The van der Waals surface area contributed by atoms with Gasteiger partial charge >= 0.3 is 0 Å². The second-order valence-corrected chi connectivity index (χ2v) is 7.92. The molecule has 120 valence electrons. The smallest absolute Gasteiger partial charge is 0.148 e. The first-order chi connectivity index (χ1) is 10.4. The predicted molar refractivity (Wildman–Crippen MR) is 83.9 cm³/mol. The van der Waals surface area contributed by atoms with E-state index in [1.807, 2.05) is 6.07 Å². The van der Waals surface area contributed by atoms with E-state index in [-0.39, 0.29) is 17.4 Å². The van der Waals surface area contributed by atoms with Crippen LogP contribution in [0.1, 0.15) is 18.4 Å². The molecule has 1 aliphatic rings. The molecular weight excluding hydrogens is 305 g/mol. The minimum atomic E-state index is -2.93. The van der Waals surface area contributed by atoms with Crippen molar-refractivity contribution in [3.05, 3.63) is 29.6 Å². The van der Waals surface area contributed by atoms with E-state index in [2.05, 4.69) is 10.2 Å². The van der Waals surface area contributed by atoms with Crippen molar-refractivity contribution in [3.8, 4) is 6.07 Å². The molecule has 1 heterocycles. The van der Waals surface area contributed by atoms with Crippen molar-refractivity contribution in [2.75, 3.05) is 37.0 Å². The van der Waals surface area contributed by atoms with Gasteiger partial charge in [0, 0.05) is 31.9 Å². The Bertz CT molecular complexity index is 662. The first-order valence-corrected chi connectivity index (χ1v) is 9.30. The zero-order chi connectivity index (χ0) is 16.2. The van der Waals surface area contributed by atoms with Crippen molar-refractivity contribution in [2.45, 2.75) is 18.9 Å². The van der Waals surface area contributed by atoms with E-state index in [4.69, 9.17) is 5.26 Å². The molecule has 0 amide bonds. The average molecular weight is 325 g/mol. The molecule has 1 aliphatic heterocycles. The number of nitrogens with zero attached hydrogens (tertiary/aromatic N) is 2. The lowest BCUT2D eigenvalue weighted by Gasteiger charge is -2.32. The van der Waals surface area contributed by atoms with Gasteiger partial charge in [0.15, 0.2) is 0 Å². The average Bonchev–Trinajstić information content (AvgIpc) is 2.46. The van der Waals surface area contributed by atoms with Crippen LogP contribution in [0.2, 0.25) is 0 Å². The highest BCUT2D eigenvalue weighted by Crippen LogP contribution is 2.22. The molecule has 1 N–H and O–H groups in total. The minimum absolute atomic E-state index is 0.0435. The van der Waals surface area contributed by atoms with Crippen LogP contribution in [0.15, 0.2) is 18.2 Å². The van der Waals surface area contributed by atoms with Crippen LogP contribution < -0.4 is 5.32 Å². The highest BCUT2D eigenvalue weighted by Gasteiger charge is 2.21. The second kappa shape index (κ2) is 7.07. The summed E-state index contributed by atoms with van der Waals surface area (Å²) < 4.78 is 35.9. The molecule has 0 aliphatic carbocycles. The Hall–Kier alpha value is -1.65. The number of rotatable bonds is 5. The Kier molecular flexibility index (Phi) is 5.37. The molecule has 5 nitrogen and oxygen atoms in total. The molecule has 1 saturated heterocycles. The molecule has 1 aromatic rings. The van der Waals surface area contributed by atoms with Crippen LogP contribution in [0.4, 0.5) is 10.1 Å². The Morgan fingerprint density at radius 2 is 2.09 bits per heavy atom. The van der Waals surface area contributed by atoms with Crippen molar-refractivity contribution < 1.29 is 12.8 Å². The molecule has 0 unspecified atom stereocenters. The summed E-state index contributed by atoms with van der Waals surface area (Å²) in [5.41, 5.74) is 0.569. The maximum Gasteiger partial charge on any atom is 0.148 e. The first kappa shape index (κ1) is 16.7. The second-order valence-electron chi connectivity index (χ2n) is 5.66. The largest absolute Gasteiger partial charge is 0.381 e. The standard InChI is InChI=1S/C15H20FN3O2S/c1-22(20,21)10-9-19-7-5-12(6-8-19)18-15-4-2-3-14(16)13(15)11-17/h2-4,12,18H,5-10H2,1H3. The molecular formula is C15H20FN3O2S. The van der Waals surface area contributed by atoms with Gasteiger partial charge in [0.2, 0.25) is 0 Å². The van der Waals surface area contributed by atoms with Crippen LogP contribution in [0, 0.1) is 17.1 Å². The van der Waals surface area contributed by atoms with Gasteiger partial charge in [-0.2, -0.15) is 5.26 Å². The fourth-order valence-electron chi connectivity index (χ4n) is 2.57. The topological polar surface area (TPSA) is 73.2 Å². The summed E-state index contributed by atoms with van der Waals surface area (Å²) >= 11 is 0. The van der Waals surface area contributed by atoms with Crippen LogP contribution in [-0.2, 0) is 9.84 Å². The Labute approximate surface area is 130 Å². The summed E-state index contributed by atoms with van der Waals surface area (Å²) in [7, 11) is -2.93. The molecule has 2 rings (SSSR count). The number of piperidine rings is 1. The van der Waals surface area contributed by atoms with E-state index in [9.17, 15) is 12.8 Å². The Morgan fingerprint density at radius 3 is 2.68 bits per heavy atom. The summed E-state index contributed by atoms with van der Waals surface area (Å²) in [6.07, 6.45) is 2.92. The number of hydrogen-bond acceptors (Lipinski definition) is 5. The zero-order valence-corrected chi connectivity index (χ0v) is 13.4. The van der Waals surface area contributed by atoms with Crippen LogP contribution in [0.25, 0.3) is 0 Å². The van der Waals surface area contributed by atoms with Gasteiger partial charge in [0.25, 0.3) is 0 Å². The summed E-state index contributed by atoms with van der Waals surface area (Å²) in [6, 6.07) is 6.62. The third-order valence-corrected chi connectivity index (χ3v) is 4.78. The van der Waals surface area contributed by atoms with E-state index >= 15 is 0 Å². The molecule has 0 atom stereocenters. The summed E-state index contributed by atoms with van der Waals surface area (Å²) in [6.45, 7) is 2.14. The van der Waals surface area contributed by atoms with Crippen LogP contribution in [0.3, 0.4) is 0 Å². The lowest BCUT2D eigenvalue weighted by atomic mass is 10.0. The third kappa shape index (κ3) is 4.68. The predicted octanol–water partition coefficient (Wildman–Crippen LogP) is 1.62. The van der Waals surface area contributed by atoms with Crippen molar-refractivity contribution in [2.24, 2.45) is 0 Å². The van der Waals surface area contributed by atoms with Crippen molar-refractivity contribution in [3.63, 3.8) is 0 Å². The molecule has 22 heavy (non-hydrogen) atoms. The van der Waals surface area contributed by atoms with Gasteiger partial charge in [0.05, 0.1) is 11.4 Å². The number of benzene rings is 1. The van der Waals surface area contributed by atoms with Crippen molar-refractivity contribution in [1.82, 2.24) is 4.90 Å². The molecule has 0 saturated carbocycles. The SMILES string of the molecule is CS(=O)(=O)CCN1CCC(Nc2cccc(F)c2C#N)CC1. The number of hydrogen-bond donors (Lipinski definition) is 1. The fraction of sp³-hybridized carbons (Fsp3) is 0.533. The van der Waals surface area contributed by atoms with Gasteiger partial charge in [-0.3, -0.25) is 0 Å². The molecule has 1 fully saturated rings. The summed E-state index contributed by atoms with van der Waals surface area (Å²) in [5, 5.41) is 12.2. The third-order valence-electron chi connectivity index (χ3n) is 3.85. The fourth-order valence-corrected chi connectivity index (χ4v) is 3.16. The van der Waals surface area contributed by atoms with Crippen LogP contribution >= 0.6 is 0 Å². The number of nitrogens with one attached hydrogen (secondary N) is 1. The van der Waals surface area contributed by atoms with Gasteiger partial charge in [-0.05, 0) is 25.0 Å². The molecule has 0 radical (unpaired) electrons. The Morgan fingerprint density at radius 1 is 1.41 bits per heavy atom. The minimum Gasteiger partial charge on any atom is -0.381 e. The molecule has 0 bridgehead atoms. The van der Waals surface area contributed by atoms with E-state index in [1.165, 1.54) is 12.3 Å². The summed E-state index contributed by atoms with van der Waals surface area (Å²) in [4.78, 5) is 2.12.